The highest BCUT2D eigenvalue weighted by Crippen LogP contribution is 2.10. The molecule has 74 valence electrons. The van der Waals surface area contributed by atoms with Crippen LogP contribution in [0.5, 0.6) is 0 Å². The van der Waals surface area contributed by atoms with Crippen LogP contribution in [0.2, 0.25) is 0 Å². The van der Waals surface area contributed by atoms with Crippen molar-refractivity contribution in [2.45, 2.75) is 33.6 Å². The second-order valence-corrected chi connectivity index (χ2v) is 4.54. The zero-order chi connectivity index (χ0) is 10.4. The summed E-state index contributed by atoms with van der Waals surface area (Å²) in [6, 6.07) is 10.5. The van der Waals surface area contributed by atoms with Crippen molar-refractivity contribution in [1.82, 2.24) is 0 Å². The Bertz CT molecular complexity index is 317. The number of hydrogen-bond donors (Lipinski definition) is 0. The molecule has 14 heavy (non-hydrogen) atoms. The van der Waals surface area contributed by atoms with Crippen LogP contribution in [0.4, 0.5) is 0 Å². The molecule has 0 aliphatic carbocycles. The second-order valence-electron chi connectivity index (χ2n) is 4.54. The zero-order valence-electron chi connectivity index (χ0n) is 9.30. The van der Waals surface area contributed by atoms with E-state index in [-0.39, 0.29) is 5.41 Å². The molecule has 1 aromatic rings. The molecular formula is C14H18. The van der Waals surface area contributed by atoms with Gasteiger partial charge in [0, 0.05) is 11.8 Å². The van der Waals surface area contributed by atoms with Gasteiger partial charge in [-0.1, -0.05) is 36.3 Å². The van der Waals surface area contributed by atoms with E-state index in [9.17, 15) is 0 Å². The molecule has 1 rings (SSSR count). The fourth-order valence-corrected chi connectivity index (χ4v) is 1.18. The van der Waals surface area contributed by atoms with E-state index < -0.39 is 0 Å². The maximum absolute atomic E-state index is 3.24. The molecule has 0 heteroatoms. The molecule has 1 aromatic carbocycles. The second kappa shape index (κ2) is 4.86. The molecular weight excluding hydrogens is 168 g/mol. The minimum absolute atomic E-state index is 0.136. The molecule has 0 radical (unpaired) electrons. The van der Waals surface area contributed by atoms with Crippen LogP contribution in [0, 0.1) is 17.3 Å². The van der Waals surface area contributed by atoms with Crippen LogP contribution in [0.3, 0.4) is 0 Å². The van der Waals surface area contributed by atoms with Gasteiger partial charge in [0.25, 0.3) is 0 Å². The van der Waals surface area contributed by atoms with Crippen molar-refractivity contribution in [3.8, 4) is 11.8 Å². The first-order valence-corrected chi connectivity index (χ1v) is 5.12. The van der Waals surface area contributed by atoms with Gasteiger partial charge in [0.05, 0.1) is 0 Å². The molecule has 0 aliphatic rings. The van der Waals surface area contributed by atoms with Gasteiger partial charge in [-0.05, 0) is 32.8 Å². The minimum Gasteiger partial charge on any atom is -0.102 e. The fraction of sp³-hybridized carbons (Fsp3) is 0.429. The van der Waals surface area contributed by atoms with Crippen LogP contribution in [-0.4, -0.2) is 0 Å². The van der Waals surface area contributed by atoms with E-state index in [1.165, 1.54) is 5.56 Å². The van der Waals surface area contributed by atoms with Gasteiger partial charge in [-0.25, -0.2) is 0 Å². The van der Waals surface area contributed by atoms with Crippen LogP contribution in [0.25, 0.3) is 0 Å². The molecule has 0 N–H and O–H groups in total. The lowest BCUT2D eigenvalue weighted by molar-refractivity contribution is 0.570. The normalized spacial score (nSPS) is 10.5. The molecule has 0 spiro atoms. The van der Waals surface area contributed by atoms with Gasteiger partial charge in [-0.15, -0.1) is 5.92 Å². The third-order valence-corrected chi connectivity index (χ3v) is 1.84. The standard InChI is InChI=1S/C14H18/c1-14(2,3)12-8-7-11-13-9-5-4-6-10-13/h4-6,9-10H,7,11H2,1-3H3. The van der Waals surface area contributed by atoms with E-state index in [1.807, 2.05) is 6.07 Å². The number of hydrogen-bond acceptors (Lipinski definition) is 0. The lowest BCUT2D eigenvalue weighted by atomic mass is 9.97. The highest BCUT2D eigenvalue weighted by molar-refractivity contribution is 5.17. The summed E-state index contributed by atoms with van der Waals surface area (Å²) in [4.78, 5) is 0. The number of aryl methyl sites for hydroxylation is 1. The molecule has 0 atom stereocenters. The van der Waals surface area contributed by atoms with Crippen molar-refractivity contribution >= 4 is 0 Å². The van der Waals surface area contributed by atoms with Gasteiger partial charge < -0.3 is 0 Å². The molecule has 0 aromatic heterocycles. The smallest absolute Gasteiger partial charge is 0.0230 e. The maximum atomic E-state index is 3.24. The van der Waals surface area contributed by atoms with Crippen LogP contribution < -0.4 is 0 Å². The first-order valence-electron chi connectivity index (χ1n) is 5.12. The van der Waals surface area contributed by atoms with Crippen molar-refractivity contribution in [1.29, 1.82) is 0 Å². The summed E-state index contributed by atoms with van der Waals surface area (Å²) in [5, 5.41) is 0. The molecule has 0 amide bonds. The maximum Gasteiger partial charge on any atom is 0.0230 e. The largest absolute Gasteiger partial charge is 0.102 e. The average molecular weight is 186 g/mol. The molecule has 0 unspecified atom stereocenters. The molecule has 0 heterocycles. The first-order chi connectivity index (χ1) is 6.58. The Labute approximate surface area is 87.4 Å². The molecule has 0 aliphatic heterocycles. The summed E-state index contributed by atoms with van der Waals surface area (Å²) in [5.41, 5.74) is 1.51. The van der Waals surface area contributed by atoms with Gasteiger partial charge in [-0.3, -0.25) is 0 Å². The predicted octanol–water partition coefficient (Wildman–Crippen LogP) is 3.67. The van der Waals surface area contributed by atoms with E-state index >= 15 is 0 Å². The summed E-state index contributed by atoms with van der Waals surface area (Å²) in [6.07, 6.45) is 2.02. The van der Waals surface area contributed by atoms with Gasteiger partial charge >= 0.3 is 0 Å². The molecule has 0 fully saturated rings. The molecule has 0 bridgehead atoms. The van der Waals surface area contributed by atoms with E-state index in [4.69, 9.17) is 0 Å². The van der Waals surface area contributed by atoms with E-state index in [1.54, 1.807) is 0 Å². The van der Waals surface area contributed by atoms with E-state index in [0.29, 0.717) is 0 Å². The lowest BCUT2D eigenvalue weighted by Gasteiger charge is -2.06. The number of rotatable bonds is 2. The zero-order valence-corrected chi connectivity index (χ0v) is 9.30. The Hall–Kier alpha value is -1.22. The summed E-state index contributed by atoms with van der Waals surface area (Å²) in [6.45, 7) is 6.42. The van der Waals surface area contributed by atoms with Gasteiger partial charge in [0.1, 0.15) is 0 Å². The van der Waals surface area contributed by atoms with E-state index in [2.05, 4.69) is 56.9 Å². The summed E-state index contributed by atoms with van der Waals surface area (Å²) in [5.74, 6) is 6.47. The van der Waals surface area contributed by atoms with Crippen molar-refractivity contribution in [3.05, 3.63) is 35.9 Å². The van der Waals surface area contributed by atoms with Crippen LogP contribution in [0.15, 0.2) is 30.3 Å². The SMILES string of the molecule is CC(C)(C)C#CCCc1ccccc1. The Morgan fingerprint density at radius 3 is 2.29 bits per heavy atom. The average Bonchev–Trinajstić information content (AvgIpc) is 2.13. The summed E-state index contributed by atoms with van der Waals surface area (Å²) < 4.78 is 0. The highest BCUT2D eigenvalue weighted by Gasteiger charge is 2.02. The third-order valence-electron chi connectivity index (χ3n) is 1.84. The Balaban J connectivity index is 2.39. The fourth-order valence-electron chi connectivity index (χ4n) is 1.18. The van der Waals surface area contributed by atoms with Gasteiger partial charge in [0.15, 0.2) is 0 Å². The summed E-state index contributed by atoms with van der Waals surface area (Å²) in [7, 11) is 0. The monoisotopic (exact) mass is 186 g/mol. The highest BCUT2D eigenvalue weighted by atomic mass is 14.1. The first kappa shape index (κ1) is 10.9. The Kier molecular flexibility index (Phi) is 3.77. The van der Waals surface area contributed by atoms with Crippen LogP contribution >= 0.6 is 0 Å². The van der Waals surface area contributed by atoms with Crippen molar-refractivity contribution in [2.75, 3.05) is 0 Å². The van der Waals surface area contributed by atoms with Crippen LogP contribution in [-0.2, 0) is 6.42 Å². The third kappa shape index (κ3) is 4.72. The minimum atomic E-state index is 0.136. The van der Waals surface area contributed by atoms with Crippen LogP contribution in [0.1, 0.15) is 32.8 Å². The molecule has 0 saturated heterocycles. The van der Waals surface area contributed by atoms with Crippen molar-refractivity contribution in [3.63, 3.8) is 0 Å². The van der Waals surface area contributed by atoms with E-state index in [0.717, 1.165) is 12.8 Å². The molecule has 0 nitrogen and oxygen atoms in total. The Morgan fingerprint density at radius 1 is 1.07 bits per heavy atom. The van der Waals surface area contributed by atoms with Gasteiger partial charge in [-0.2, -0.15) is 0 Å². The number of benzene rings is 1. The quantitative estimate of drug-likeness (QED) is 0.618. The van der Waals surface area contributed by atoms with Crippen molar-refractivity contribution < 1.29 is 0 Å². The topological polar surface area (TPSA) is 0 Å². The van der Waals surface area contributed by atoms with Gasteiger partial charge in [0.2, 0.25) is 0 Å². The molecule has 0 saturated carbocycles. The van der Waals surface area contributed by atoms with Crippen molar-refractivity contribution in [2.24, 2.45) is 5.41 Å². The predicted molar refractivity (Wildman–Crippen MR) is 62.0 cm³/mol. The summed E-state index contributed by atoms with van der Waals surface area (Å²) >= 11 is 0. The lowest BCUT2D eigenvalue weighted by Crippen LogP contribution is -1.99. The Morgan fingerprint density at radius 2 is 1.71 bits per heavy atom.